The summed E-state index contributed by atoms with van der Waals surface area (Å²) in [5.41, 5.74) is 6.10. The summed E-state index contributed by atoms with van der Waals surface area (Å²) in [6.07, 6.45) is 4.17. The number of nitrogens with zero attached hydrogens (tertiary/aromatic N) is 4. The van der Waals surface area contributed by atoms with E-state index in [9.17, 15) is 0 Å². The first-order valence-electron chi connectivity index (χ1n) is 7.60. The minimum atomic E-state index is 0.187. The van der Waals surface area contributed by atoms with Gasteiger partial charge in [-0.25, -0.2) is 0 Å². The highest BCUT2D eigenvalue weighted by Crippen LogP contribution is 2.32. The Hall–Kier alpha value is -0.980. The Bertz CT molecular complexity index is 449. The van der Waals surface area contributed by atoms with Crippen molar-refractivity contribution < 1.29 is 4.52 Å². The molecule has 0 aromatic carbocycles. The van der Waals surface area contributed by atoms with Gasteiger partial charge in [-0.1, -0.05) is 11.6 Å². The standard InChI is InChI=1S/C14H25N5O/c1-18-6-7-19(2)10(9-18)8-13-16-14(20-17-13)11-4-3-5-12(11)15/h10-12H,3-9,15H2,1-2H3. The SMILES string of the molecule is CN1CCN(C)C(Cc2noc(C3CCCC3N)n2)C1. The second-order valence-electron chi connectivity index (χ2n) is 6.35. The zero-order valence-corrected chi connectivity index (χ0v) is 12.5. The van der Waals surface area contributed by atoms with Crippen LogP contribution in [0.2, 0.25) is 0 Å². The topological polar surface area (TPSA) is 71.4 Å². The van der Waals surface area contributed by atoms with Crippen LogP contribution in [-0.2, 0) is 6.42 Å². The van der Waals surface area contributed by atoms with E-state index in [0.717, 1.165) is 50.6 Å². The van der Waals surface area contributed by atoms with Gasteiger partial charge in [-0.15, -0.1) is 0 Å². The first kappa shape index (κ1) is 14.0. The van der Waals surface area contributed by atoms with Gasteiger partial charge in [0.1, 0.15) is 0 Å². The van der Waals surface area contributed by atoms with Gasteiger partial charge in [-0.3, -0.25) is 0 Å². The third-order valence-electron chi connectivity index (χ3n) is 4.77. The summed E-state index contributed by atoms with van der Waals surface area (Å²) in [5.74, 6) is 1.84. The van der Waals surface area contributed by atoms with E-state index in [0.29, 0.717) is 6.04 Å². The average Bonchev–Trinajstić information content (AvgIpc) is 3.02. The molecular weight excluding hydrogens is 254 g/mol. The van der Waals surface area contributed by atoms with Gasteiger partial charge in [-0.2, -0.15) is 4.98 Å². The van der Waals surface area contributed by atoms with Crippen LogP contribution in [0.25, 0.3) is 0 Å². The molecule has 0 amide bonds. The first-order chi connectivity index (χ1) is 9.63. The smallest absolute Gasteiger partial charge is 0.231 e. The highest BCUT2D eigenvalue weighted by molar-refractivity contribution is 5.03. The average molecular weight is 279 g/mol. The zero-order valence-electron chi connectivity index (χ0n) is 12.5. The highest BCUT2D eigenvalue weighted by atomic mass is 16.5. The van der Waals surface area contributed by atoms with Crippen LogP contribution in [0.5, 0.6) is 0 Å². The number of likely N-dealkylation sites (N-methyl/N-ethyl adjacent to an activating group) is 2. The predicted octanol–water partition coefficient (Wildman–Crippen LogP) is 0.453. The van der Waals surface area contributed by atoms with Crippen LogP contribution in [0.3, 0.4) is 0 Å². The maximum absolute atomic E-state index is 6.10. The molecule has 1 saturated carbocycles. The molecule has 112 valence electrons. The summed E-state index contributed by atoms with van der Waals surface area (Å²) < 4.78 is 5.45. The number of rotatable bonds is 3. The van der Waals surface area contributed by atoms with Crippen LogP contribution in [0.4, 0.5) is 0 Å². The normalized spacial score (nSPS) is 32.9. The van der Waals surface area contributed by atoms with E-state index in [-0.39, 0.29) is 12.0 Å². The molecule has 6 nitrogen and oxygen atoms in total. The molecule has 3 atom stereocenters. The lowest BCUT2D eigenvalue weighted by atomic mass is 10.0. The Morgan fingerprint density at radius 1 is 1.30 bits per heavy atom. The Balaban J connectivity index is 1.64. The summed E-state index contributed by atoms with van der Waals surface area (Å²) in [7, 11) is 4.34. The molecular formula is C14H25N5O. The maximum atomic E-state index is 6.10. The lowest BCUT2D eigenvalue weighted by Gasteiger charge is -2.37. The van der Waals surface area contributed by atoms with E-state index in [1.54, 1.807) is 0 Å². The van der Waals surface area contributed by atoms with Crippen molar-refractivity contribution in [3.63, 3.8) is 0 Å². The second kappa shape index (κ2) is 5.79. The van der Waals surface area contributed by atoms with E-state index in [1.807, 2.05) is 0 Å². The van der Waals surface area contributed by atoms with Crippen LogP contribution in [0, 0.1) is 0 Å². The number of hydrogen-bond acceptors (Lipinski definition) is 6. The van der Waals surface area contributed by atoms with Crippen molar-refractivity contribution in [2.75, 3.05) is 33.7 Å². The quantitative estimate of drug-likeness (QED) is 0.866. The van der Waals surface area contributed by atoms with Gasteiger partial charge in [-0.05, 0) is 26.9 Å². The van der Waals surface area contributed by atoms with Crippen molar-refractivity contribution in [1.82, 2.24) is 19.9 Å². The van der Waals surface area contributed by atoms with Crippen molar-refractivity contribution in [3.05, 3.63) is 11.7 Å². The molecule has 2 fully saturated rings. The number of nitrogens with two attached hydrogens (primary N) is 1. The summed E-state index contributed by atoms with van der Waals surface area (Å²) in [4.78, 5) is 9.34. The first-order valence-corrected chi connectivity index (χ1v) is 7.60. The van der Waals surface area contributed by atoms with Crippen LogP contribution in [0.15, 0.2) is 4.52 Å². The molecule has 1 aromatic rings. The van der Waals surface area contributed by atoms with Gasteiger partial charge in [0.15, 0.2) is 5.82 Å². The van der Waals surface area contributed by atoms with Gasteiger partial charge >= 0.3 is 0 Å². The molecule has 0 spiro atoms. The van der Waals surface area contributed by atoms with Crippen molar-refractivity contribution in [2.24, 2.45) is 5.73 Å². The van der Waals surface area contributed by atoms with Gasteiger partial charge in [0, 0.05) is 38.1 Å². The molecule has 6 heteroatoms. The van der Waals surface area contributed by atoms with Crippen LogP contribution in [-0.4, -0.2) is 65.8 Å². The van der Waals surface area contributed by atoms with Gasteiger partial charge < -0.3 is 20.1 Å². The van der Waals surface area contributed by atoms with Gasteiger partial charge in [0.25, 0.3) is 0 Å². The molecule has 1 aliphatic carbocycles. The number of hydrogen-bond donors (Lipinski definition) is 1. The predicted molar refractivity (Wildman–Crippen MR) is 76.5 cm³/mol. The third kappa shape index (κ3) is 2.87. The summed E-state index contributed by atoms with van der Waals surface area (Å²) >= 11 is 0. The molecule has 0 radical (unpaired) electrons. The maximum Gasteiger partial charge on any atom is 0.231 e. The molecule has 1 saturated heterocycles. The van der Waals surface area contributed by atoms with Crippen molar-refractivity contribution in [1.29, 1.82) is 0 Å². The van der Waals surface area contributed by atoms with Crippen LogP contribution < -0.4 is 5.73 Å². The van der Waals surface area contributed by atoms with Crippen molar-refractivity contribution in [2.45, 2.75) is 43.7 Å². The van der Waals surface area contributed by atoms with Crippen LogP contribution >= 0.6 is 0 Å². The Kier molecular flexibility index (Phi) is 4.05. The van der Waals surface area contributed by atoms with E-state index in [2.05, 4.69) is 34.0 Å². The molecule has 1 aliphatic heterocycles. The Morgan fingerprint density at radius 3 is 2.90 bits per heavy atom. The molecule has 1 aromatic heterocycles. The second-order valence-corrected chi connectivity index (χ2v) is 6.35. The minimum absolute atomic E-state index is 0.187. The molecule has 3 unspecified atom stereocenters. The van der Waals surface area contributed by atoms with Gasteiger partial charge in [0.05, 0.1) is 5.92 Å². The van der Waals surface area contributed by atoms with E-state index < -0.39 is 0 Å². The number of aromatic nitrogens is 2. The monoisotopic (exact) mass is 279 g/mol. The minimum Gasteiger partial charge on any atom is -0.339 e. The lowest BCUT2D eigenvalue weighted by Crippen LogP contribution is -2.50. The number of piperazine rings is 1. The zero-order chi connectivity index (χ0) is 14.1. The fourth-order valence-electron chi connectivity index (χ4n) is 3.33. The Labute approximate surface area is 120 Å². The molecule has 20 heavy (non-hydrogen) atoms. The van der Waals surface area contributed by atoms with E-state index in [4.69, 9.17) is 10.3 Å². The fraction of sp³-hybridized carbons (Fsp3) is 0.857. The van der Waals surface area contributed by atoms with E-state index >= 15 is 0 Å². The van der Waals surface area contributed by atoms with Crippen molar-refractivity contribution in [3.8, 4) is 0 Å². The largest absolute Gasteiger partial charge is 0.339 e. The highest BCUT2D eigenvalue weighted by Gasteiger charge is 2.31. The van der Waals surface area contributed by atoms with Crippen molar-refractivity contribution >= 4 is 0 Å². The molecule has 2 aliphatic rings. The summed E-state index contributed by atoms with van der Waals surface area (Å²) in [5, 5.41) is 4.16. The molecule has 0 bridgehead atoms. The van der Waals surface area contributed by atoms with Crippen LogP contribution in [0.1, 0.15) is 36.9 Å². The van der Waals surface area contributed by atoms with Gasteiger partial charge in [0.2, 0.25) is 5.89 Å². The third-order valence-corrected chi connectivity index (χ3v) is 4.77. The lowest BCUT2D eigenvalue weighted by molar-refractivity contribution is 0.113. The summed E-state index contributed by atoms with van der Waals surface area (Å²) in [6.45, 7) is 3.28. The van der Waals surface area contributed by atoms with E-state index in [1.165, 1.54) is 6.42 Å². The Morgan fingerprint density at radius 2 is 2.15 bits per heavy atom. The fourth-order valence-corrected chi connectivity index (χ4v) is 3.33. The molecule has 2 heterocycles. The molecule has 3 rings (SSSR count). The molecule has 2 N–H and O–H groups in total. The summed E-state index contributed by atoms with van der Waals surface area (Å²) in [6, 6.07) is 0.656.